The van der Waals surface area contributed by atoms with Crippen LogP contribution in [0.4, 0.5) is 5.69 Å². The molecule has 2 rings (SSSR count). The first-order valence-corrected chi connectivity index (χ1v) is 5.29. The van der Waals surface area contributed by atoms with Gasteiger partial charge in [-0.15, -0.1) is 0 Å². The molecule has 1 aromatic rings. The van der Waals surface area contributed by atoms with Gasteiger partial charge < -0.3 is 15.2 Å². The van der Waals surface area contributed by atoms with E-state index in [0.29, 0.717) is 23.3 Å². The summed E-state index contributed by atoms with van der Waals surface area (Å²) < 4.78 is 10.9. The molecule has 0 aromatic carbocycles. The van der Waals surface area contributed by atoms with Gasteiger partial charge >= 0.3 is 0 Å². The number of nitrogens with zero attached hydrogens (tertiary/aromatic N) is 1. The molecule has 0 aliphatic carbocycles. The molecule has 5 heteroatoms. The Morgan fingerprint density at radius 1 is 1.60 bits per heavy atom. The van der Waals surface area contributed by atoms with Crippen LogP contribution in [0.25, 0.3) is 0 Å². The summed E-state index contributed by atoms with van der Waals surface area (Å²) in [5.41, 5.74) is 6.16. The lowest BCUT2D eigenvalue weighted by Gasteiger charge is -2.10. The van der Waals surface area contributed by atoms with Crippen molar-refractivity contribution in [3.63, 3.8) is 0 Å². The zero-order chi connectivity index (χ0) is 10.7. The summed E-state index contributed by atoms with van der Waals surface area (Å²) in [6.07, 6.45) is 2.31. The van der Waals surface area contributed by atoms with E-state index in [9.17, 15) is 0 Å². The number of nitrogen functional groups attached to an aromatic ring is 1. The van der Waals surface area contributed by atoms with Gasteiger partial charge in [-0.1, -0.05) is 11.6 Å². The van der Waals surface area contributed by atoms with Gasteiger partial charge in [0.25, 0.3) is 0 Å². The van der Waals surface area contributed by atoms with Crippen LogP contribution in [-0.4, -0.2) is 24.3 Å². The minimum absolute atomic E-state index is 0.173. The lowest BCUT2D eigenvalue weighted by molar-refractivity contribution is 0.0664. The van der Waals surface area contributed by atoms with Crippen LogP contribution in [0.3, 0.4) is 0 Å². The van der Waals surface area contributed by atoms with Crippen LogP contribution in [-0.2, 0) is 4.74 Å². The molecule has 0 bridgehead atoms. The third-order valence-electron chi connectivity index (χ3n) is 2.23. The molecular weight excluding hydrogens is 216 g/mol. The van der Waals surface area contributed by atoms with E-state index in [2.05, 4.69) is 4.98 Å². The van der Waals surface area contributed by atoms with Crippen LogP contribution in [0.15, 0.2) is 12.1 Å². The van der Waals surface area contributed by atoms with Crippen LogP contribution < -0.4 is 10.5 Å². The Balaban J connectivity index is 1.92. The molecule has 0 spiro atoms. The normalized spacial score (nSPS) is 20.5. The summed E-state index contributed by atoms with van der Waals surface area (Å²) in [7, 11) is 0. The zero-order valence-electron chi connectivity index (χ0n) is 8.28. The molecule has 1 fully saturated rings. The van der Waals surface area contributed by atoms with Crippen LogP contribution in [0.5, 0.6) is 5.88 Å². The first-order valence-electron chi connectivity index (χ1n) is 4.91. The maximum Gasteiger partial charge on any atom is 0.216 e. The van der Waals surface area contributed by atoms with E-state index in [1.54, 1.807) is 12.1 Å². The second-order valence-corrected chi connectivity index (χ2v) is 3.89. The first-order chi connectivity index (χ1) is 7.24. The van der Waals surface area contributed by atoms with Gasteiger partial charge in [-0.2, -0.15) is 0 Å². The third-order valence-corrected chi connectivity index (χ3v) is 2.43. The molecule has 2 heterocycles. The predicted octanol–water partition coefficient (Wildman–Crippen LogP) is 1.88. The standard InChI is InChI=1S/C10H13ClN2O2/c11-9-4-7(12)5-10(13-9)15-6-8-2-1-3-14-8/h4-5,8H,1-3,6H2,(H2,12,13). The van der Waals surface area contributed by atoms with E-state index < -0.39 is 0 Å². The summed E-state index contributed by atoms with van der Waals surface area (Å²) in [5, 5.41) is 0.345. The molecule has 0 radical (unpaired) electrons. The van der Waals surface area contributed by atoms with Gasteiger partial charge in [-0.3, -0.25) is 0 Å². The molecule has 1 aliphatic heterocycles. The number of pyridine rings is 1. The molecule has 2 N–H and O–H groups in total. The molecule has 15 heavy (non-hydrogen) atoms. The van der Waals surface area contributed by atoms with Crippen LogP contribution in [0.2, 0.25) is 5.15 Å². The summed E-state index contributed by atoms with van der Waals surface area (Å²) in [4.78, 5) is 4.00. The summed E-state index contributed by atoms with van der Waals surface area (Å²) in [6, 6.07) is 3.24. The lowest BCUT2D eigenvalue weighted by Crippen LogP contribution is -2.16. The fraction of sp³-hybridized carbons (Fsp3) is 0.500. The van der Waals surface area contributed by atoms with Gasteiger partial charge in [0.15, 0.2) is 0 Å². The molecule has 82 valence electrons. The number of halogens is 1. The Bertz CT molecular complexity index is 320. The van der Waals surface area contributed by atoms with E-state index in [-0.39, 0.29) is 6.10 Å². The Hall–Kier alpha value is -1.00. The average molecular weight is 229 g/mol. The number of hydrogen-bond acceptors (Lipinski definition) is 4. The van der Waals surface area contributed by atoms with Gasteiger partial charge in [0.2, 0.25) is 5.88 Å². The average Bonchev–Trinajstić information content (AvgIpc) is 2.65. The Labute approximate surface area is 93.3 Å². The Morgan fingerprint density at radius 3 is 3.13 bits per heavy atom. The van der Waals surface area contributed by atoms with Gasteiger partial charge in [0.05, 0.1) is 6.10 Å². The molecule has 1 aromatic heterocycles. The number of nitrogens with two attached hydrogens (primary N) is 1. The molecule has 1 saturated heterocycles. The van der Waals surface area contributed by atoms with E-state index in [0.717, 1.165) is 19.4 Å². The number of ether oxygens (including phenoxy) is 2. The highest BCUT2D eigenvalue weighted by Gasteiger charge is 2.16. The van der Waals surface area contributed by atoms with Crippen LogP contribution in [0.1, 0.15) is 12.8 Å². The van der Waals surface area contributed by atoms with E-state index >= 15 is 0 Å². The number of hydrogen-bond donors (Lipinski definition) is 1. The highest BCUT2D eigenvalue weighted by Crippen LogP contribution is 2.19. The number of rotatable bonds is 3. The molecule has 1 atom stereocenters. The maximum atomic E-state index is 5.74. The largest absolute Gasteiger partial charge is 0.475 e. The monoisotopic (exact) mass is 228 g/mol. The number of aromatic nitrogens is 1. The summed E-state index contributed by atoms with van der Waals surface area (Å²) in [6.45, 7) is 1.33. The van der Waals surface area contributed by atoms with Crippen molar-refractivity contribution in [2.45, 2.75) is 18.9 Å². The van der Waals surface area contributed by atoms with Crippen molar-refractivity contribution in [1.29, 1.82) is 0 Å². The van der Waals surface area contributed by atoms with Gasteiger partial charge in [-0.05, 0) is 18.9 Å². The van der Waals surface area contributed by atoms with Crippen molar-refractivity contribution in [2.75, 3.05) is 18.9 Å². The van der Waals surface area contributed by atoms with Crippen molar-refractivity contribution >= 4 is 17.3 Å². The van der Waals surface area contributed by atoms with Crippen LogP contribution >= 0.6 is 11.6 Å². The highest BCUT2D eigenvalue weighted by molar-refractivity contribution is 6.29. The van der Waals surface area contributed by atoms with Crippen molar-refractivity contribution in [3.8, 4) is 5.88 Å². The molecule has 0 saturated carbocycles. The Kier molecular flexibility index (Phi) is 3.28. The maximum absolute atomic E-state index is 5.74. The van der Waals surface area contributed by atoms with Crippen molar-refractivity contribution in [2.24, 2.45) is 0 Å². The molecule has 4 nitrogen and oxygen atoms in total. The summed E-state index contributed by atoms with van der Waals surface area (Å²) >= 11 is 5.74. The zero-order valence-corrected chi connectivity index (χ0v) is 9.04. The lowest BCUT2D eigenvalue weighted by atomic mass is 10.2. The SMILES string of the molecule is Nc1cc(Cl)nc(OCC2CCCO2)c1. The van der Waals surface area contributed by atoms with Crippen molar-refractivity contribution in [1.82, 2.24) is 4.98 Å². The number of anilines is 1. The van der Waals surface area contributed by atoms with Gasteiger partial charge in [0.1, 0.15) is 11.8 Å². The van der Waals surface area contributed by atoms with Crippen molar-refractivity contribution in [3.05, 3.63) is 17.3 Å². The van der Waals surface area contributed by atoms with Gasteiger partial charge in [-0.25, -0.2) is 4.98 Å². The summed E-state index contributed by atoms with van der Waals surface area (Å²) in [5.74, 6) is 0.454. The molecule has 1 aliphatic rings. The second-order valence-electron chi connectivity index (χ2n) is 3.51. The predicted molar refractivity (Wildman–Crippen MR) is 58.1 cm³/mol. The topological polar surface area (TPSA) is 57.4 Å². The fourth-order valence-corrected chi connectivity index (χ4v) is 1.73. The first kappa shape index (κ1) is 10.5. The second kappa shape index (κ2) is 4.68. The molecule has 0 amide bonds. The minimum atomic E-state index is 0.173. The Morgan fingerprint density at radius 2 is 2.47 bits per heavy atom. The molecule has 1 unspecified atom stereocenters. The fourth-order valence-electron chi connectivity index (χ4n) is 1.52. The van der Waals surface area contributed by atoms with Gasteiger partial charge in [0, 0.05) is 18.4 Å². The van der Waals surface area contributed by atoms with E-state index in [4.69, 9.17) is 26.8 Å². The van der Waals surface area contributed by atoms with Crippen molar-refractivity contribution < 1.29 is 9.47 Å². The molecular formula is C10H13ClN2O2. The quantitative estimate of drug-likeness (QED) is 0.803. The van der Waals surface area contributed by atoms with Crippen LogP contribution in [0, 0.1) is 0 Å². The highest BCUT2D eigenvalue weighted by atomic mass is 35.5. The van der Waals surface area contributed by atoms with E-state index in [1.165, 1.54) is 0 Å². The minimum Gasteiger partial charge on any atom is -0.475 e. The van der Waals surface area contributed by atoms with E-state index in [1.807, 2.05) is 0 Å². The smallest absolute Gasteiger partial charge is 0.216 e. The third kappa shape index (κ3) is 2.97.